The van der Waals surface area contributed by atoms with Gasteiger partial charge in [0.15, 0.2) is 0 Å². The second kappa shape index (κ2) is 5.48. The number of para-hydroxylation sites is 1. The predicted octanol–water partition coefficient (Wildman–Crippen LogP) is 3.85. The summed E-state index contributed by atoms with van der Waals surface area (Å²) in [4.78, 5) is 13.8. The highest BCUT2D eigenvalue weighted by Gasteiger charge is 2.49. The van der Waals surface area contributed by atoms with Crippen LogP contribution in [-0.4, -0.2) is 29.1 Å². The molecule has 0 N–H and O–H groups in total. The van der Waals surface area contributed by atoms with Crippen LogP contribution in [0.1, 0.15) is 29.7 Å². The highest BCUT2D eigenvalue weighted by molar-refractivity contribution is 5.84. The topological polar surface area (TPSA) is 60.9 Å². The molecule has 0 atom stereocenters. The lowest BCUT2D eigenvalue weighted by Gasteiger charge is -2.17. The van der Waals surface area contributed by atoms with Crippen molar-refractivity contribution in [1.29, 1.82) is 0 Å². The van der Waals surface area contributed by atoms with E-state index < -0.39 is 0 Å². The van der Waals surface area contributed by atoms with Gasteiger partial charge in [0.25, 0.3) is 0 Å². The molecule has 0 unspecified atom stereocenters. The Kier molecular flexibility index (Phi) is 3.04. The number of hydrogen-bond acceptors (Lipinski definition) is 4. The molecule has 0 bridgehead atoms. The minimum Gasteiger partial charge on any atom is -0.285 e. The molecular weight excluding hydrogens is 348 g/mol. The minimum atomic E-state index is -0.0619. The van der Waals surface area contributed by atoms with Crippen molar-refractivity contribution in [2.45, 2.75) is 25.2 Å². The number of pyridine rings is 1. The van der Waals surface area contributed by atoms with Crippen LogP contribution in [0.25, 0.3) is 22.4 Å². The molecule has 1 aliphatic carbocycles. The summed E-state index contributed by atoms with van der Waals surface area (Å²) in [5, 5.41) is 5.59. The lowest BCUT2D eigenvalue weighted by atomic mass is 9.90. The van der Waals surface area contributed by atoms with E-state index in [2.05, 4.69) is 54.9 Å². The smallest absolute Gasteiger partial charge is 0.234 e. The van der Waals surface area contributed by atoms with Crippen molar-refractivity contribution in [3.8, 4) is 5.69 Å². The second-order valence-corrected chi connectivity index (χ2v) is 7.55. The first-order valence-corrected chi connectivity index (χ1v) is 9.44. The molecule has 0 amide bonds. The monoisotopic (exact) mass is 366 g/mol. The molecule has 6 nitrogen and oxygen atoms in total. The summed E-state index contributed by atoms with van der Waals surface area (Å²) in [6.07, 6.45) is 13.8. The summed E-state index contributed by atoms with van der Waals surface area (Å²) < 4.78 is 3.96. The molecule has 5 aromatic rings. The van der Waals surface area contributed by atoms with Crippen LogP contribution in [-0.2, 0) is 5.41 Å². The van der Waals surface area contributed by atoms with Crippen molar-refractivity contribution >= 4 is 16.7 Å². The van der Waals surface area contributed by atoms with Crippen LogP contribution >= 0.6 is 0 Å². The molecule has 0 spiro atoms. The van der Waals surface area contributed by atoms with Crippen molar-refractivity contribution in [3.05, 3.63) is 84.3 Å². The largest absolute Gasteiger partial charge is 0.285 e. The van der Waals surface area contributed by atoms with Crippen LogP contribution in [0.15, 0.2) is 67.5 Å². The van der Waals surface area contributed by atoms with Crippen molar-refractivity contribution in [1.82, 2.24) is 29.1 Å². The highest BCUT2D eigenvalue weighted by Crippen LogP contribution is 2.54. The minimum absolute atomic E-state index is 0.0619. The summed E-state index contributed by atoms with van der Waals surface area (Å²) in [7, 11) is 0. The van der Waals surface area contributed by atoms with Crippen LogP contribution in [0.2, 0.25) is 0 Å². The zero-order chi connectivity index (χ0) is 18.7. The Bertz CT molecular complexity index is 1340. The number of rotatable bonds is 3. The predicted molar refractivity (Wildman–Crippen MR) is 107 cm³/mol. The molecule has 1 saturated carbocycles. The SMILES string of the molecule is Cc1cnn(-c2cnc3ncc(C4(c5cccc6cccnc56)CC4)n3c2)c1. The molecule has 1 aliphatic rings. The Morgan fingerprint density at radius 2 is 1.79 bits per heavy atom. The molecule has 4 heterocycles. The van der Waals surface area contributed by atoms with Crippen LogP contribution < -0.4 is 0 Å². The molecule has 4 aromatic heterocycles. The van der Waals surface area contributed by atoms with E-state index in [9.17, 15) is 0 Å². The van der Waals surface area contributed by atoms with E-state index >= 15 is 0 Å². The van der Waals surface area contributed by atoms with E-state index in [1.54, 1.807) is 0 Å². The first-order chi connectivity index (χ1) is 13.7. The number of imidazole rings is 1. The van der Waals surface area contributed by atoms with Crippen molar-refractivity contribution in [2.75, 3.05) is 0 Å². The maximum atomic E-state index is 4.69. The third kappa shape index (κ3) is 2.14. The van der Waals surface area contributed by atoms with E-state index in [0.717, 1.165) is 29.6 Å². The molecule has 0 saturated heterocycles. The third-order valence-electron chi connectivity index (χ3n) is 5.72. The summed E-state index contributed by atoms with van der Waals surface area (Å²) in [5.74, 6) is 0.710. The number of hydrogen-bond donors (Lipinski definition) is 0. The molecule has 28 heavy (non-hydrogen) atoms. The zero-order valence-corrected chi connectivity index (χ0v) is 15.4. The van der Waals surface area contributed by atoms with Gasteiger partial charge in [-0.05, 0) is 37.0 Å². The summed E-state index contributed by atoms with van der Waals surface area (Å²) in [5.41, 5.74) is 5.49. The fourth-order valence-corrected chi connectivity index (χ4v) is 4.17. The van der Waals surface area contributed by atoms with Crippen molar-refractivity contribution in [2.24, 2.45) is 0 Å². The average Bonchev–Trinajstić information content (AvgIpc) is 3.22. The average molecular weight is 366 g/mol. The maximum absolute atomic E-state index is 4.69. The van der Waals surface area contributed by atoms with Gasteiger partial charge in [0.1, 0.15) is 0 Å². The lowest BCUT2D eigenvalue weighted by Crippen LogP contribution is -2.13. The van der Waals surface area contributed by atoms with E-state index in [1.807, 2.05) is 48.7 Å². The Morgan fingerprint density at radius 3 is 2.61 bits per heavy atom. The van der Waals surface area contributed by atoms with Crippen molar-refractivity contribution < 1.29 is 0 Å². The standard InChI is InChI=1S/C22H18N6/c1-15-10-26-28(13-15)17-11-24-21-25-12-19(27(21)14-17)22(7-8-22)18-6-2-4-16-5-3-9-23-20(16)18/h2-6,9-14H,7-8H2,1H3. The summed E-state index contributed by atoms with van der Waals surface area (Å²) >= 11 is 0. The normalized spacial score (nSPS) is 15.3. The number of fused-ring (bicyclic) bond motifs is 2. The fourth-order valence-electron chi connectivity index (χ4n) is 4.17. The van der Waals surface area contributed by atoms with Gasteiger partial charge in [0, 0.05) is 29.4 Å². The van der Waals surface area contributed by atoms with Gasteiger partial charge >= 0.3 is 0 Å². The molecular formula is C22H18N6. The van der Waals surface area contributed by atoms with Crippen LogP contribution in [0.3, 0.4) is 0 Å². The van der Waals surface area contributed by atoms with Gasteiger partial charge in [0.05, 0.1) is 35.5 Å². The Hall–Kier alpha value is -3.54. The van der Waals surface area contributed by atoms with Crippen LogP contribution in [0, 0.1) is 6.92 Å². The van der Waals surface area contributed by atoms with E-state index in [1.165, 1.54) is 16.6 Å². The Labute approximate surface area is 161 Å². The molecule has 6 heteroatoms. The van der Waals surface area contributed by atoms with E-state index in [-0.39, 0.29) is 5.41 Å². The molecule has 136 valence electrons. The number of aromatic nitrogens is 6. The van der Waals surface area contributed by atoms with Gasteiger partial charge in [-0.15, -0.1) is 0 Å². The Balaban J connectivity index is 1.56. The van der Waals surface area contributed by atoms with E-state index in [4.69, 9.17) is 0 Å². The Morgan fingerprint density at radius 1 is 0.929 bits per heavy atom. The van der Waals surface area contributed by atoms with Crippen molar-refractivity contribution in [3.63, 3.8) is 0 Å². The molecule has 1 fully saturated rings. The quantitative estimate of drug-likeness (QED) is 0.487. The summed E-state index contributed by atoms with van der Waals surface area (Å²) in [6, 6.07) is 10.6. The van der Waals surface area contributed by atoms with Crippen LogP contribution in [0.4, 0.5) is 0 Å². The third-order valence-corrected chi connectivity index (χ3v) is 5.72. The van der Waals surface area contributed by atoms with Gasteiger partial charge in [-0.1, -0.05) is 24.3 Å². The molecule has 6 rings (SSSR count). The molecule has 1 aromatic carbocycles. The van der Waals surface area contributed by atoms with Gasteiger partial charge in [-0.3, -0.25) is 9.38 Å². The maximum Gasteiger partial charge on any atom is 0.234 e. The first kappa shape index (κ1) is 15.5. The number of aryl methyl sites for hydroxylation is 1. The molecule has 0 aliphatic heterocycles. The number of benzene rings is 1. The first-order valence-electron chi connectivity index (χ1n) is 9.44. The van der Waals surface area contributed by atoms with E-state index in [0.29, 0.717) is 5.78 Å². The highest BCUT2D eigenvalue weighted by atomic mass is 15.3. The van der Waals surface area contributed by atoms with Gasteiger partial charge in [-0.2, -0.15) is 5.10 Å². The van der Waals surface area contributed by atoms with Crippen LogP contribution in [0.5, 0.6) is 0 Å². The van der Waals surface area contributed by atoms with Gasteiger partial charge < -0.3 is 0 Å². The van der Waals surface area contributed by atoms with Gasteiger partial charge in [-0.25, -0.2) is 14.6 Å². The fraction of sp³-hybridized carbons (Fsp3) is 0.182. The molecule has 0 radical (unpaired) electrons. The lowest BCUT2D eigenvalue weighted by molar-refractivity contribution is 0.782. The second-order valence-electron chi connectivity index (χ2n) is 7.55. The summed E-state index contributed by atoms with van der Waals surface area (Å²) in [6.45, 7) is 2.03. The number of nitrogens with zero attached hydrogens (tertiary/aromatic N) is 6. The van der Waals surface area contributed by atoms with Gasteiger partial charge in [0.2, 0.25) is 5.78 Å². The zero-order valence-electron chi connectivity index (χ0n) is 15.4.